The second-order valence-corrected chi connectivity index (χ2v) is 5.68. The third kappa shape index (κ3) is 3.73. The van der Waals surface area contributed by atoms with E-state index in [0.717, 1.165) is 16.7 Å². The molecule has 0 unspecified atom stereocenters. The molecule has 128 valence electrons. The number of nitrogens with one attached hydrogen (secondary N) is 1. The normalized spacial score (nSPS) is 19.2. The van der Waals surface area contributed by atoms with Gasteiger partial charge in [-0.1, -0.05) is 42.5 Å². The zero-order valence-electron chi connectivity index (χ0n) is 13.3. The summed E-state index contributed by atoms with van der Waals surface area (Å²) in [5.74, 6) is -0.129. The van der Waals surface area contributed by atoms with E-state index in [1.54, 1.807) is 6.08 Å². The number of phenolic OH excluding ortho intramolecular Hbond substituents is 2. The van der Waals surface area contributed by atoms with Gasteiger partial charge in [-0.2, -0.15) is 0 Å². The fourth-order valence-electron chi connectivity index (χ4n) is 3.00. The van der Waals surface area contributed by atoms with E-state index >= 15 is 0 Å². The molecule has 0 saturated heterocycles. The van der Waals surface area contributed by atoms with Crippen LogP contribution in [0.25, 0.3) is 0 Å². The summed E-state index contributed by atoms with van der Waals surface area (Å²) in [5.41, 5.74) is 2.74. The molecule has 2 aromatic rings. The van der Waals surface area contributed by atoms with E-state index in [-0.39, 0.29) is 36.1 Å². The highest BCUT2D eigenvalue weighted by Gasteiger charge is 2.31. The first-order valence-corrected chi connectivity index (χ1v) is 7.76. The van der Waals surface area contributed by atoms with Crippen molar-refractivity contribution in [3.63, 3.8) is 0 Å². The summed E-state index contributed by atoms with van der Waals surface area (Å²) in [5, 5.41) is 23.3. The zero-order chi connectivity index (χ0) is 16.2. The summed E-state index contributed by atoms with van der Waals surface area (Å²) in [6.07, 6.45) is 2.01. The van der Waals surface area contributed by atoms with Gasteiger partial charge >= 0.3 is 0 Å². The van der Waals surface area contributed by atoms with Crippen molar-refractivity contribution in [2.75, 3.05) is 13.1 Å². The largest absolute Gasteiger partial charge is 0.504 e. The van der Waals surface area contributed by atoms with Gasteiger partial charge in [-0.05, 0) is 17.2 Å². The number of rotatable bonds is 5. The molecule has 0 amide bonds. The summed E-state index contributed by atoms with van der Waals surface area (Å²) in [6, 6.07) is 13.3. The van der Waals surface area contributed by atoms with Crippen LogP contribution >= 0.6 is 12.4 Å². The molecule has 2 atom stereocenters. The molecule has 3 N–H and O–H groups in total. The standard InChI is InChI=1S/C19H21NO3.ClH/c1-2-10-20-12-18-14-8-9-16(21)19(22)15(14)11-17(23-18)13-6-4-3-5-7-13;/h2-9,17-18,20-22H,1,10-12H2;1H/t17-,18-;/m1./s1. The predicted molar refractivity (Wildman–Crippen MR) is 96.8 cm³/mol. The molecule has 1 heterocycles. The molecule has 5 heteroatoms. The quantitative estimate of drug-likeness (QED) is 0.439. The van der Waals surface area contributed by atoms with Gasteiger partial charge < -0.3 is 20.3 Å². The van der Waals surface area contributed by atoms with Crippen molar-refractivity contribution in [1.82, 2.24) is 5.32 Å². The second kappa shape index (κ2) is 8.20. The summed E-state index contributed by atoms with van der Waals surface area (Å²) >= 11 is 0. The molecule has 3 rings (SSSR count). The molecule has 0 fully saturated rings. The molecule has 0 bridgehead atoms. The van der Waals surface area contributed by atoms with Gasteiger partial charge in [0.15, 0.2) is 11.5 Å². The minimum atomic E-state index is -0.185. The minimum Gasteiger partial charge on any atom is -0.504 e. The highest BCUT2D eigenvalue weighted by Crippen LogP contribution is 2.43. The number of aromatic hydroxyl groups is 2. The number of fused-ring (bicyclic) bond motifs is 1. The maximum absolute atomic E-state index is 10.3. The molecule has 24 heavy (non-hydrogen) atoms. The summed E-state index contributed by atoms with van der Waals surface area (Å²) < 4.78 is 6.25. The van der Waals surface area contributed by atoms with Crippen molar-refractivity contribution in [2.24, 2.45) is 0 Å². The third-order valence-corrected chi connectivity index (χ3v) is 4.15. The third-order valence-electron chi connectivity index (χ3n) is 4.15. The minimum absolute atomic E-state index is 0. The highest BCUT2D eigenvalue weighted by atomic mass is 35.5. The number of hydrogen-bond donors (Lipinski definition) is 3. The van der Waals surface area contributed by atoms with Gasteiger partial charge in [0.05, 0.1) is 12.2 Å². The molecule has 2 aromatic carbocycles. The first-order valence-electron chi connectivity index (χ1n) is 7.76. The molecule has 0 aromatic heterocycles. The fraction of sp³-hybridized carbons (Fsp3) is 0.263. The van der Waals surface area contributed by atoms with Crippen LogP contribution in [0.4, 0.5) is 0 Å². The Morgan fingerprint density at radius 2 is 1.92 bits per heavy atom. The van der Waals surface area contributed by atoms with Crippen LogP contribution in [0.2, 0.25) is 0 Å². The fourth-order valence-corrected chi connectivity index (χ4v) is 3.00. The maximum atomic E-state index is 10.3. The van der Waals surface area contributed by atoms with E-state index < -0.39 is 0 Å². The molecule has 1 aliphatic rings. The maximum Gasteiger partial charge on any atom is 0.161 e. The SMILES string of the molecule is C=CCNC[C@H]1O[C@@H](c2ccccc2)Cc2c1ccc(O)c2O.Cl. The molecule has 1 aliphatic heterocycles. The van der Waals surface area contributed by atoms with Crippen molar-refractivity contribution >= 4 is 12.4 Å². The number of hydrogen-bond acceptors (Lipinski definition) is 4. The molecular weight excluding hydrogens is 326 g/mol. The van der Waals surface area contributed by atoms with Crippen LogP contribution in [0.3, 0.4) is 0 Å². The molecule has 4 nitrogen and oxygen atoms in total. The Labute approximate surface area is 148 Å². The average molecular weight is 348 g/mol. The lowest BCUT2D eigenvalue weighted by Gasteiger charge is -2.33. The van der Waals surface area contributed by atoms with Crippen LogP contribution in [0.15, 0.2) is 55.1 Å². The monoisotopic (exact) mass is 347 g/mol. The second-order valence-electron chi connectivity index (χ2n) is 5.68. The molecular formula is C19H22ClNO3. The van der Waals surface area contributed by atoms with Gasteiger partial charge in [0.2, 0.25) is 0 Å². The van der Waals surface area contributed by atoms with E-state index in [1.807, 2.05) is 36.4 Å². The van der Waals surface area contributed by atoms with E-state index in [4.69, 9.17) is 4.74 Å². The molecule has 0 aliphatic carbocycles. The van der Waals surface area contributed by atoms with Crippen LogP contribution in [0.1, 0.15) is 28.9 Å². The van der Waals surface area contributed by atoms with Gasteiger partial charge in [-0.3, -0.25) is 0 Å². The summed E-state index contributed by atoms with van der Waals surface area (Å²) in [7, 11) is 0. The Morgan fingerprint density at radius 3 is 2.62 bits per heavy atom. The van der Waals surface area contributed by atoms with Crippen molar-refractivity contribution in [2.45, 2.75) is 18.6 Å². The number of phenols is 2. The predicted octanol–water partition coefficient (Wildman–Crippen LogP) is 3.65. The van der Waals surface area contributed by atoms with Crippen molar-refractivity contribution in [1.29, 1.82) is 0 Å². The Kier molecular flexibility index (Phi) is 6.26. The smallest absolute Gasteiger partial charge is 0.161 e. The van der Waals surface area contributed by atoms with E-state index in [2.05, 4.69) is 11.9 Å². The average Bonchev–Trinajstić information content (AvgIpc) is 2.59. The highest BCUT2D eigenvalue weighted by molar-refractivity contribution is 5.85. The molecule has 0 radical (unpaired) electrons. The zero-order valence-corrected chi connectivity index (χ0v) is 14.1. The van der Waals surface area contributed by atoms with Crippen molar-refractivity contribution < 1.29 is 14.9 Å². The lowest BCUT2D eigenvalue weighted by atomic mass is 9.90. The Hall–Kier alpha value is -2.01. The first-order chi connectivity index (χ1) is 11.2. The first kappa shape index (κ1) is 18.3. The number of halogens is 1. The molecule has 0 spiro atoms. The van der Waals surface area contributed by atoms with Crippen LogP contribution in [-0.2, 0) is 11.2 Å². The Morgan fingerprint density at radius 1 is 1.17 bits per heavy atom. The number of ether oxygens (including phenoxy) is 1. The topological polar surface area (TPSA) is 61.7 Å². The van der Waals surface area contributed by atoms with Crippen LogP contribution in [-0.4, -0.2) is 23.3 Å². The van der Waals surface area contributed by atoms with Gasteiger partial charge in [0.1, 0.15) is 0 Å². The molecule has 0 saturated carbocycles. The van der Waals surface area contributed by atoms with Crippen LogP contribution < -0.4 is 5.32 Å². The summed E-state index contributed by atoms with van der Waals surface area (Å²) in [6.45, 7) is 5.01. The number of benzene rings is 2. The van der Waals surface area contributed by atoms with Crippen molar-refractivity contribution in [3.05, 3.63) is 71.8 Å². The lowest BCUT2D eigenvalue weighted by molar-refractivity contribution is -0.0268. The van der Waals surface area contributed by atoms with Gasteiger partial charge in [-0.25, -0.2) is 0 Å². The lowest BCUT2D eigenvalue weighted by Crippen LogP contribution is -2.29. The van der Waals surface area contributed by atoms with Crippen LogP contribution in [0.5, 0.6) is 11.5 Å². The van der Waals surface area contributed by atoms with Gasteiger partial charge in [0, 0.05) is 25.1 Å². The van der Waals surface area contributed by atoms with Crippen molar-refractivity contribution in [3.8, 4) is 11.5 Å². The summed E-state index contributed by atoms with van der Waals surface area (Å²) in [4.78, 5) is 0. The van der Waals surface area contributed by atoms with E-state index in [0.29, 0.717) is 19.5 Å². The Balaban J connectivity index is 0.00000208. The van der Waals surface area contributed by atoms with Gasteiger partial charge in [-0.15, -0.1) is 19.0 Å². The van der Waals surface area contributed by atoms with E-state index in [9.17, 15) is 10.2 Å². The van der Waals surface area contributed by atoms with E-state index in [1.165, 1.54) is 6.07 Å². The Bertz CT molecular complexity index is 691. The van der Waals surface area contributed by atoms with Gasteiger partial charge in [0.25, 0.3) is 0 Å². The van der Waals surface area contributed by atoms with Crippen LogP contribution in [0, 0.1) is 0 Å².